The molecule has 0 aliphatic carbocycles. The summed E-state index contributed by atoms with van der Waals surface area (Å²) in [4.78, 5) is 16.3. The number of nitrogens with two attached hydrogens (primary N) is 3. The molecule has 1 aliphatic heterocycles. The van der Waals surface area contributed by atoms with E-state index < -0.39 is 41.5 Å². The highest BCUT2D eigenvalue weighted by atomic mass is 19.4. The molecule has 0 saturated heterocycles. The van der Waals surface area contributed by atoms with Crippen molar-refractivity contribution >= 4 is 11.7 Å². The molecule has 1 rings (SSSR count). The fraction of sp³-hybridized carbons (Fsp3) is 0.318. The molecule has 34 heavy (non-hydrogen) atoms. The molecule has 8 nitrogen and oxygen atoms in total. The highest BCUT2D eigenvalue weighted by molar-refractivity contribution is 5.98. The molecule has 1 amide bonds. The van der Waals surface area contributed by atoms with Gasteiger partial charge in [0.15, 0.2) is 0 Å². The largest absolute Gasteiger partial charge is 0.424 e. The number of nitriles is 1. The van der Waals surface area contributed by atoms with Crippen molar-refractivity contribution in [2.45, 2.75) is 38.1 Å². The molecule has 1 heterocycles. The van der Waals surface area contributed by atoms with Crippen molar-refractivity contribution in [3.05, 3.63) is 71.5 Å². The number of amidine groups is 1. The lowest BCUT2D eigenvalue weighted by Crippen LogP contribution is -2.61. The van der Waals surface area contributed by atoms with Crippen LogP contribution >= 0.6 is 0 Å². The lowest BCUT2D eigenvalue weighted by Gasteiger charge is -2.41. The first-order chi connectivity index (χ1) is 15.6. The Morgan fingerprint density at radius 1 is 1.26 bits per heavy atom. The maximum Gasteiger partial charge on any atom is 0.424 e. The van der Waals surface area contributed by atoms with Gasteiger partial charge in [-0.1, -0.05) is 13.2 Å². The second-order valence-corrected chi connectivity index (χ2v) is 7.68. The Balaban J connectivity index is 3.29. The van der Waals surface area contributed by atoms with Crippen LogP contribution in [0.2, 0.25) is 0 Å². The number of carbonyl (C=O) groups excluding carboxylic acids is 1. The SMILES string of the molecule is C=C(/C=C(\C(F)=C/N)[C@@]1(C)CO[C@@](C)(C(F)(F)F)C(N)=N1)NC(=O)C(=C)/C(C)=C\C(C#N)=C/N. The zero-order valence-corrected chi connectivity index (χ0v) is 18.9. The second kappa shape index (κ2) is 10.4. The number of amides is 1. The molecule has 0 spiro atoms. The third-order valence-electron chi connectivity index (χ3n) is 5.05. The van der Waals surface area contributed by atoms with Gasteiger partial charge in [-0.3, -0.25) is 9.79 Å². The number of allylic oxidation sites excluding steroid dienone is 3. The van der Waals surface area contributed by atoms with Gasteiger partial charge in [0.1, 0.15) is 23.3 Å². The van der Waals surface area contributed by atoms with Gasteiger partial charge in [0.05, 0.1) is 12.2 Å². The Bertz CT molecular complexity index is 1080. The summed E-state index contributed by atoms with van der Waals surface area (Å²) in [6.07, 6.45) is -0.864. The smallest absolute Gasteiger partial charge is 0.404 e. The number of nitrogens with one attached hydrogen (secondary N) is 1. The minimum absolute atomic E-state index is 0.0454. The summed E-state index contributed by atoms with van der Waals surface area (Å²) in [7, 11) is 0. The van der Waals surface area contributed by atoms with Crippen LogP contribution in [-0.4, -0.2) is 35.7 Å². The number of carbonyl (C=O) groups is 1. The van der Waals surface area contributed by atoms with Gasteiger partial charge >= 0.3 is 6.18 Å². The molecule has 0 unspecified atom stereocenters. The monoisotopic (exact) mass is 482 g/mol. The summed E-state index contributed by atoms with van der Waals surface area (Å²) in [5, 5.41) is 11.3. The summed E-state index contributed by atoms with van der Waals surface area (Å²) in [5.74, 6) is -2.69. The molecule has 12 heteroatoms. The molecule has 0 aromatic heterocycles. The molecule has 0 saturated carbocycles. The number of hydrogen-bond donors (Lipinski definition) is 4. The van der Waals surface area contributed by atoms with E-state index in [1.807, 2.05) is 6.07 Å². The van der Waals surface area contributed by atoms with E-state index in [1.165, 1.54) is 19.9 Å². The molecule has 7 N–H and O–H groups in total. The van der Waals surface area contributed by atoms with E-state index in [0.717, 1.165) is 12.3 Å². The molecule has 0 aromatic carbocycles. The standard InChI is InChI=1S/C22H26F4N6O2/c1-12(6-15(8-27)9-28)14(3)18(33)31-13(2)7-16(17(23)10-29)20(4)11-34-21(5,19(30)32-20)22(24,25)26/h6-8,10H,2-3,11,27,29H2,1,4-5H3,(H2,30,32)(H,31,33)/b12-6-,15-8+,16-7+,17-10+/t20-,21-/m1/s1. The predicted octanol–water partition coefficient (Wildman–Crippen LogP) is 2.65. The lowest BCUT2D eigenvalue weighted by atomic mass is 9.88. The molecule has 0 fully saturated rings. The highest BCUT2D eigenvalue weighted by Crippen LogP contribution is 2.41. The molecular formula is C22H26F4N6O2. The van der Waals surface area contributed by atoms with Crippen LogP contribution in [0.15, 0.2) is 76.5 Å². The first-order valence-electron chi connectivity index (χ1n) is 9.62. The molecule has 1 aliphatic rings. The predicted molar refractivity (Wildman–Crippen MR) is 120 cm³/mol. The summed E-state index contributed by atoms with van der Waals surface area (Å²) >= 11 is 0. The quantitative estimate of drug-likeness (QED) is 0.189. The van der Waals surface area contributed by atoms with Crippen LogP contribution in [0.25, 0.3) is 0 Å². The molecular weight excluding hydrogens is 456 g/mol. The number of rotatable bonds is 7. The van der Waals surface area contributed by atoms with Crippen LogP contribution in [0, 0.1) is 11.3 Å². The third-order valence-corrected chi connectivity index (χ3v) is 5.05. The average Bonchev–Trinajstić information content (AvgIpc) is 2.76. The summed E-state index contributed by atoms with van der Waals surface area (Å²) < 4.78 is 59.7. The number of halogens is 4. The fourth-order valence-corrected chi connectivity index (χ4v) is 2.75. The second-order valence-electron chi connectivity index (χ2n) is 7.68. The van der Waals surface area contributed by atoms with Crippen LogP contribution in [0.4, 0.5) is 17.6 Å². The summed E-state index contributed by atoms with van der Waals surface area (Å²) in [6, 6.07) is 1.82. The van der Waals surface area contributed by atoms with Gasteiger partial charge in [0, 0.05) is 29.2 Å². The maximum atomic E-state index is 14.6. The minimum Gasteiger partial charge on any atom is -0.404 e. The Hall–Kier alpha value is -3.85. The van der Waals surface area contributed by atoms with Crippen molar-refractivity contribution in [2.75, 3.05) is 6.61 Å². The van der Waals surface area contributed by atoms with Crippen molar-refractivity contribution in [1.82, 2.24) is 5.32 Å². The van der Waals surface area contributed by atoms with Crippen LogP contribution in [-0.2, 0) is 9.53 Å². The maximum absolute atomic E-state index is 14.6. The van der Waals surface area contributed by atoms with Crippen LogP contribution in [0.3, 0.4) is 0 Å². The molecule has 0 bridgehead atoms. The minimum atomic E-state index is -4.86. The molecule has 0 radical (unpaired) electrons. The fourth-order valence-electron chi connectivity index (χ4n) is 2.75. The molecule has 184 valence electrons. The number of alkyl halides is 3. The van der Waals surface area contributed by atoms with E-state index in [2.05, 4.69) is 23.5 Å². The lowest BCUT2D eigenvalue weighted by molar-refractivity contribution is -0.247. The van der Waals surface area contributed by atoms with Gasteiger partial charge in [-0.25, -0.2) is 4.39 Å². The van der Waals surface area contributed by atoms with Gasteiger partial charge in [0.2, 0.25) is 5.60 Å². The summed E-state index contributed by atoms with van der Waals surface area (Å²) in [6.45, 7) is 10.0. The van der Waals surface area contributed by atoms with Gasteiger partial charge < -0.3 is 27.3 Å². The topological polar surface area (TPSA) is 153 Å². The molecule has 2 atom stereocenters. The Morgan fingerprint density at radius 2 is 1.85 bits per heavy atom. The number of hydrogen-bond acceptors (Lipinski definition) is 7. The number of ether oxygens (including phenoxy) is 1. The van der Waals surface area contributed by atoms with Gasteiger partial charge in [-0.05, 0) is 38.5 Å². The van der Waals surface area contributed by atoms with Crippen molar-refractivity contribution in [1.29, 1.82) is 5.26 Å². The van der Waals surface area contributed by atoms with Crippen LogP contribution in [0.5, 0.6) is 0 Å². The van der Waals surface area contributed by atoms with E-state index in [1.54, 1.807) is 0 Å². The van der Waals surface area contributed by atoms with Crippen LogP contribution in [0.1, 0.15) is 20.8 Å². The van der Waals surface area contributed by atoms with E-state index in [0.29, 0.717) is 18.7 Å². The van der Waals surface area contributed by atoms with Crippen molar-refractivity contribution < 1.29 is 27.1 Å². The number of aliphatic imine (C=N–C) groups is 1. The average molecular weight is 482 g/mol. The van der Waals surface area contributed by atoms with Crippen molar-refractivity contribution in [3.63, 3.8) is 0 Å². The molecule has 0 aromatic rings. The highest BCUT2D eigenvalue weighted by Gasteiger charge is 2.59. The van der Waals surface area contributed by atoms with E-state index in [-0.39, 0.29) is 22.4 Å². The Morgan fingerprint density at radius 3 is 2.29 bits per heavy atom. The zero-order valence-electron chi connectivity index (χ0n) is 18.9. The first-order valence-corrected chi connectivity index (χ1v) is 9.62. The van der Waals surface area contributed by atoms with E-state index in [9.17, 15) is 22.4 Å². The Kier molecular flexibility index (Phi) is 8.61. The van der Waals surface area contributed by atoms with Gasteiger partial charge in [0.25, 0.3) is 5.91 Å². The number of nitrogens with zero attached hydrogens (tertiary/aromatic N) is 2. The van der Waals surface area contributed by atoms with E-state index >= 15 is 0 Å². The Labute approximate surface area is 194 Å². The van der Waals surface area contributed by atoms with Gasteiger partial charge in [-0.15, -0.1) is 0 Å². The summed E-state index contributed by atoms with van der Waals surface area (Å²) in [5.41, 5.74) is 11.4. The van der Waals surface area contributed by atoms with Gasteiger partial charge in [-0.2, -0.15) is 18.4 Å². The normalized spacial score (nSPS) is 24.7. The van der Waals surface area contributed by atoms with Crippen molar-refractivity contribution in [3.8, 4) is 6.07 Å². The first kappa shape index (κ1) is 28.2. The van der Waals surface area contributed by atoms with Crippen LogP contribution < -0.4 is 22.5 Å². The third kappa shape index (κ3) is 5.93. The van der Waals surface area contributed by atoms with E-state index in [4.69, 9.17) is 27.2 Å². The van der Waals surface area contributed by atoms with Crippen molar-refractivity contribution in [2.24, 2.45) is 22.2 Å². The zero-order chi connectivity index (χ0) is 26.5.